The lowest BCUT2D eigenvalue weighted by atomic mass is 9.89. The molecule has 0 aliphatic carbocycles. The molecule has 4 rings (SSSR count). The molecule has 0 spiro atoms. The van der Waals surface area contributed by atoms with Crippen LogP contribution in [0.3, 0.4) is 0 Å². The lowest BCUT2D eigenvalue weighted by Crippen LogP contribution is -2.35. The second-order valence-corrected chi connectivity index (χ2v) is 9.23. The van der Waals surface area contributed by atoms with Crippen LogP contribution in [0.15, 0.2) is 45.1 Å². The first-order valence-electron chi connectivity index (χ1n) is 10.8. The number of rotatable bonds is 4. The summed E-state index contributed by atoms with van der Waals surface area (Å²) in [4.78, 5) is 13.7. The molecule has 1 aromatic heterocycles. The largest absolute Gasteiger partial charge is 0.508 e. The van der Waals surface area contributed by atoms with Gasteiger partial charge in [-0.25, -0.2) is 0 Å². The maximum absolute atomic E-state index is 13.7. The van der Waals surface area contributed by atoms with Crippen LogP contribution in [0.1, 0.15) is 51.3 Å². The van der Waals surface area contributed by atoms with E-state index in [1.807, 2.05) is 33.8 Å². The van der Waals surface area contributed by atoms with Gasteiger partial charge in [-0.15, -0.1) is 0 Å². The molecule has 2 aromatic carbocycles. The summed E-state index contributed by atoms with van der Waals surface area (Å²) in [5, 5.41) is 31.1. The predicted molar refractivity (Wildman–Crippen MR) is 125 cm³/mol. The second-order valence-electron chi connectivity index (χ2n) is 9.23. The van der Waals surface area contributed by atoms with Crippen LogP contribution in [0.2, 0.25) is 0 Å². The first kappa shape index (κ1) is 22.7. The lowest BCUT2D eigenvalue weighted by molar-refractivity contribution is -0.0105. The Labute approximate surface area is 191 Å². The molecule has 1 atom stereocenters. The third kappa shape index (κ3) is 4.04. The molecule has 2 heterocycles. The Hall–Kier alpha value is -3.45. The van der Waals surface area contributed by atoms with Gasteiger partial charge in [0.1, 0.15) is 39.7 Å². The number of benzene rings is 2. The number of hydrogen-bond acceptors (Lipinski definition) is 7. The van der Waals surface area contributed by atoms with Crippen LogP contribution in [0.4, 0.5) is 0 Å². The van der Waals surface area contributed by atoms with Crippen LogP contribution in [-0.4, -0.2) is 28.0 Å². The summed E-state index contributed by atoms with van der Waals surface area (Å²) in [5.41, 5.74) is 1.28. The van der Waals surface area contributed by atoms with Crippen LogP contribution in [0.5, 0.6) is 23.0 Å². The Kier molecular flexibility index (Phi) is 5.62. The Morgan fingerprint density at radius 3 is 2.55 bits per heavy atom. The van der Waals surface area contributed by atoms with Gasteiger partial charge >= 0.3 is 0 Å². The van der Waals surface area contributed by atoms with Gasteiger partial charge in [-0.1, -0.05) is 11.6 Å². The van der Waals surface area contributed by atoms with E-state index in [-0.39, 0.29) is 51.5 Å². The summed E-state index contributed by atoms with van der Waals surface area (Å²) in [6, 6.07) is 5.52. The van der Waals surface area contributed by atoms with Gasteiger partial charge in [-0.2, -0.15) is 0 Å². The number of phenolic OH excluding ortho intramolecular Hbond substituents is 3. The lowest BCUT2D eigenvalue weighted by Gasteiger charge is -2.37. The van der Waals surface area contributed by atoms with E-state index in [1.165, 1.54) is 24.3 Å². The molecule has 3 N–H and O–H groups in total. The van der Waals surface area contributed by atoms with Crippen LogP contribution in [-0.2, 0) is 11.2 Å². The van der Waals surface area contributed by atoms with Gasteiger partial charge in [0, 0.05) is 31.2 Å². The Bertz CT molecular complexity index is 1330. The van der Waals surface area contributed by atoms with E-state index in [9.17, 15) is 20.1 Å². The average molecular weight is 453 g/mol. The summed E-state index contributed by atoms with van der Waals surface area (Å²) in [5.74, 6) is -0.0508. The minimum atomic E-state index is -0.546. The maximum atomic E-state index is 13.7. The van der Waals surface area contributed by atoms with Gasteiger partial charge in [0.15, 0.2) is 5.58 Å². The number of fused-ring (bicyclic) bond motifs is 3. The molecule has 0 saturated heterocycles. The van der Waals surface area contributed by atoms with E-state index in [4.69, 9.17) is 13.9 Å². The molecule has 0 radical (unpaired) electrons. The molecular weight excluding hydrogens is 424 g/mol. The molecule has 1 unspecified atom stereocenters. The highest BCUT2D eigenvalue weighted by molar-refractivity contribution is 5.91. The van der Waals surface area contributed by atoms with Crippen molar-refractivity contribution in [3.05, 3.63) is 57.3 Å². The van der Waals surface area contributed by atoms with E-state index in [0.717, 1.165) is 5.57 Å². The van der Waals surface area contributed by atoms with Gasteiger partial charge in [0.05, 0.1) is 17.2 Å². The normalized spacial score (nSPS) is 16.8. The van der Waals surface area contributed by atoms with Crippen molar-refractivity contribution in [3.63, 3.8) is 0 Å². The van der Waals surface area contributed by atoms with Crippen molar-refractivity contribution in [2.24, 2.45) is 0 Å². The first-order chi connectivity index (χ1) is 15.5. The Morgan fingerprint density at radius 2 is 1.91 bits per heavy atom. The molecule has 1 aliphatic rings. The quantitative estimate of drug-likeness (QED) is 0.459. The predicted octanol–water partition coefficient (Wildman–Crippen LogP) is 5.33. The van der Waals surface area contributed by atoms with Crippen molar-refractivity contribution in [1.29, 1.82) is 0 Å². The zero-order chi connectivity index (χ0) is 24.1. The number of hydrogen-bond donors (Lipinski definition) is 3. The van der Waals surface area contributed by atoms with Crippen LogP contribution in [0.25, 0.3) is 22.3 Å². The Balaban J connectivity index is 2.12. The second kappa shape index (κ2) is 8.15. The fourth-order valence-electron chi connectivity index (χ4n) is 4.28. The smallest absolute Gasteiger partial charge is 0.200 e. The van der Waals surface area contributed by atoms with Gasteiger partial charge in [-0.3, -0.25) is 4.79 Å². The fraction of sp³-hybridized carbons (Fsp3) is 0.346. The topological polar surface area (TPSA) is 109 Å². The van der Waals surface area contributed by atoms with Crippen LogP contribution >= 0.6 is 0 Å². The van der Waals surface area contributed by atoms with E-state index >= 15 is 0 Å². The zero-order valence-corrected chi connectivity index (χ0v) is 19.4. The molecule has 0 saturated carbocycles. The van der Waals surface area contributed by atoms with Gasteiger partial charge in [-0.05, 0) is 46.2 Å². The fourth-order valence-corrected chi connectivity index (χ4v) is 4.28. The van der Waals surface area contributed by atoms with Gasteiger partial charge < -0.3 is 29.2 Å². The molecule has 33 heavy (non-hydrogen) atoms. The maximum Gasteiger partial charge on any atom is 0.200 e. The number of allylic oxidation sites excluding steroid dienone is 2. The molecule has 0 bridgehead atoms. The third-order valence-corrected chi connectivity index (χ3v) is 5.85. The Morgan fingerprint density at radius 1 is 1.18 bits per heavy atom. The highest BCUT2D eigenvalue weighted by Gasteiger charge is 2.38. The summed E-state index contributed by atoms with van der Waals surface area (Å²) in [6.07, 6.45) is 2.20. The van der Waals surface area contributed by atoms with Crippen molar-refractivity contribution in [1.82, 2.24) is 0 Å². The summed E-state index contributed by atoms with van der Waals surface area (Å²) < 4.78 is 18.1. The molecule has 0 amide bonds. The minimum absolute atomic E-state index is 0.0401. The average Bonchev–Trinajstić information content (AvgIpc) is 2.71. The van der Waals surface area contributed by atoms with Crippen LogP contribution in [0, 0.1) is 0 Å². The monoisotopic (exact) mass is 452 g/mol. The highest BCUT2D eigenvalue weighted by Crippen LogP contribution is 2.48. The highest BCUT2D eigenvalue weighted by atomic mass is 16.5. The molecule has 7 nitrogen and oxygen atoms in total. The molecular formula is C26H28O7. The molecule has 174 valence electrons. The van der Waals surface area contributed by atoms with Crippen molar-refractivity contribution in [2.45, 2.75) is 52.2 Å². The zero-order valence-electron chi connectivity index (χ0n) is 19.4. The number of ether oxygens (including phenoxy) is 2. The molecule has 0 fully saturated rings. The van der Waals surface area contributed by atoms with Gasteiger partial charge in [0.2, 0.25) is 5.43 Å². The molecule has 3 aromatic rings. The summed E-state index contributed by atoms with van der Waals surface area (Å²) in [7, 11) is 1.57. The SMILES string of the molecule is COC1CC(C)(C)Oc2cc(O)c3c(=O)c(CC=C(C)C)c(-c4ccc(O)cc4O)oc3c21. The van der Waals surface area contributed by atoms with Crippen molar-refractivity contribution < 1.29 is 29.2 Å². The summed E-state index contributed by atoms with van der Waals surface area (Å²) >= 11 is 0. The van der Waals surface area contributed by atoms with E-state index < -0.39 is 17.1 Å². The minimum Gasteiger partial charge on any atom is -0.508 e. The molecule has 7 heteroatoms. The standard InChI is InChI=1S/C26H28O7/c1-13(2)6-8-16-23(30)21-18(29)11-19-22(20(31-5)12-26(3,4)33-19)25(21)32-24(16)15-9-7-14(27)10-17(15)28/h6-7,9-11,20,27-29H,8,12H2,1-5H3. The number of methoxy groups -OCH3 is 1. The summed E-state index contributed by atoms with van der Waals surface area (Å²) in [6.45, 7) is 7.66. The van der Waals surface area contributed by atoms with E-state index in [0.29, 0.717) is 17.7 Å². The van der Waals surface area contributed by atoms with Crippen LogP contribution < -0.4 is 10.2 Å². The van der Waals surface area contributed by atoms with Crippen molar-refractivity contribution in [2.75, 3.05) is 7.11 Å². The van der Waals surface area contributed by atoms with Crippen molar-refractivity contribution in [3.8, 4) is 34.3 Å². The number of aromatic hydroxyl groups is 3. The van der Waals surface area contributed by atoms with E-state index in [1.54, 1.807) is 7.11 Å². The van der Waals surface area contributed by atoms with Crippen molar-refractivity contribution >= 4 is 11.0 Å². The third-order valence-electron chi connectivity index (χ3n) is 5.85. The number of phenols is 3. The van der Waals surface area contributed by atoms with Gasteiger partial charge in [0.25, 0.3) is 0 Å². The van der Waals surface area contributed by atoms with E-state index in [2.05, 4.69) is 0 Å². The first-order valence-corrected chi connectivity index (χ1v) is 10.8. The molecule has 1 aliphatic heterocycles.